The molecule has 0 saturated heterocycles. The molecular formula is C10H10FNO3. The maximum Gasteiger partial charge on any atom is 0.246 e. The van der Waals surface area contributed by atoms with Gasteiger partial charge in [-0.25, -0.2) is 4.39 Å². The molecule has 0 radical (unpaired) electrons. The van der Waals surface area contributed by atoms with Crippen LogP contribution in [0.25, 0.3) is 6.08 Å². The van der Waals surface area contributed by atoms with Crippen molar-refractivity contribution in [3.05, 3.63) is 45.4 Å². The van der Waals surface area contributed by atoms with Crippen LogP contribution in [-0.4, -0.2) is 10.0 Å². The molecule has 4 nitrogen and oxygen atoms in total. The Morgan fingerprint density at radius 2 is 2.33 bits per heavy atom. The zero-order valence-corrected chi connectivity index (χ0v) is 8.11. The van der Waals surface area contributed by atoms with E-state index in [4.69, 9.17) is 0 Å². The summed E-state index contributed by atoms with van der Waals surface area (Å²) in [6, 6.07) is 3.30. The maximum absolute atomic E-state index is 12.8. The molecule has 0 heterocycles. The van der Waals surface area contributed by atoms with Gasteiger partial charge in [0, 0.05) is 18.1 Å². The maximum atomic E-state index is 12.8. The predicted octanol–water partition coefficient (Wildman–Crippen LogP) is 2.56. The van der Waals surface area contributed by atoms with Crippen LogP contribution in [0.2, 0.25) is 0 Å². The minimum atomic E-state index is -0.551. The first-order valence-corrected chi connectivity index (χ1v) is 4.38. The molecule has 0 fully saturated rings. The zero-order chi connectivity index (χ0) is 11.4. The van der Waals surface area contributed by atoms with Crippen LogP contribution < -0.4 is 0 Å². The highest BCUT2D eigenvalue weighted by Crippen LogP contribution is 2.21. The van der Waals surface area contributed by atoms with Crippen molar-refractivity contribution in [2.45, 2.75) is 13.3 Å². The van der Waals surface area contributed by atoms with Gasteiger partial charge in [0.05, 0.1) is 4.92 Å². The molecule has 15 heavy (non-hydrogen) atoms. The molecule has 0 unspecified atom stereocenters. The van der Waals surface area contributed by atoms with Crippen LogP contribution in [0.15, 0.2) is 23.9 Å². The average molecular weight is 211 g/mol. The Morgan fingerprint density at radius 1 is 1.67 bits per heavy atom. The summed E-state index contributed by atoms with van der Waals surface area (Å²) in [5.74, 6) is -0.720. The van der Waals surface area contributed by atoms with E-state index in [9.17, 15) is 19.6 Å². The van der Waals surface area contributed by atoms with E-state index in [1.807, 2.05) is 0 Å². The molecule has 0 aliphatic rings. The van der Waals surface area contributed by atoms with E-state index < -0.39 is 10.7 Å². The Morgan fingerprint density at radius 3 is 2.87 bits per heavy atom. The SMILES string of the molecule is CCC(=Cc1cc(F)ccc1O)[N+](=O)[O-]. The third kappa shape index (κ3) is 2.77. The van der Waals surface area contributed by atoms with Gasteiger partial charge >= 0.3 is 0 Å². The summed E-state index contributed by atoms with van der Waals surface area (Å²) in [6.45, 7) is 1.62. The van der Waals surface area contributed by atoms with Gasteiger partial charge in [-0.1, -0.05) is 6.92 Å². The normalized spacial score (nSPS) is 11.5. The van der Waals surface area contributed by atoms with Crippen LogP contribution in [0.5, 0.6) is 5.75 Å². The molecule has 0 aliphatic heterocycles. The van der Waals surface area contributed by atoms with Crippen molar-refractivity contribution < 1.29 is 14.4 Å². The van der Waals surface area contributed by atoms with Crippen LogP contribution in [0.1, 0.15) is 18.9 Å². The molecule has 5 heteroatoms. The highest BCUT2D eigenvalue weighted by Gasteiger charge is 2.09. The number of phenolic OH excluding ortho intramolecular Hbond substituents is 1. The Labute approximate surface area is 85.8 Å². The largest absolute Gasteiger partial charge is 0.507 e. The van der Waals surface area contributed by atoms with E-state index in [2.05, 4.69) is 0 Å². The quantitative estimate of drug-likeness (QED) is 0.617. The molecule has 1 N–H and O–H groups in total. The molecule has 0 spiro atoms. The van der Waals surface area contributed by atoms with Crippen molar-refractivity contribution in [3.8, 4) is 5.75 Å². The molecule has 1 aromatic carbocycles. The topological polar surface area (TPSA) is 63.4 Å². The molecule has 0 amide bonds. The van der Waals surface area contributed by atoms with Gasteiger partial charge in [-0.05, 0) is 18.2 Å². The number of allylic oxidation sites excluding steroid dienone is 1. The second kappa shape index (κ2) is 4.54. The number of phenols is 1. The first-order chi connectivity index (χ1) is 7.04. The third-order valence-corrected chi connectivity index (χ3v) is 1.91. The smallest absolute Gasteiger partial charge is 0.246 e. The minimum absolute atomic E-state index is 0.0732. The minimum Gasteiger partial charge on any atom is -0.507 e. The van der Waals surface area contributed by atoms with Gasteiger partial charge in [0.15, 0.2) is 0 Å². The fraction of sp³-hybridized carbons (Fsp3) is 0.200. The zero-order valence-electron chi connectivity index (χ0n) is 8.11. The lowest BCUT2D eigenvalue weighted by Gasteiger charge is -1.99. The summed E-state index contributed by atoms with van der Waals surface area (Å²) in [4.78, 5) is 9.94. The van der Waals surface area contributed by atoms with Crippen molar-refractivity contribution in [1.29, 1.82) is 0 Å². The second-order valence-electron chi connectivity index (χ2n) is 2.95. The van der Waals surface area contributed by atoms with E-state index in [-0.39, 0.29) is 23.4 Å². The fourth-order valence-electron chi connectivity index (χ4n) is 1.10. The Hall–Kier alpha value is -1.91. The standard InChI is InChI=1S/C10H10FNO3/c1-2-9(12(14)15)6-7-5-8(11)3-4-10(7)13/h3-6,13H,2H2,1H3. The van der Waals surface area contributed by atoms with Gasteiger partial charge < -0.3 is 5.11 Å². The molecule has 1 aromatic rings. The number of rotatable bonds is 3. The summed E-state index contributed by atoms with van der Waals surface area (Å²) >= 11 is 0. The van der Waals surface area contributed by atoms with Crippen molar-refractivity contribution in [2.24, 2.45) is 0 Å². The van der Waals surface area contributed by atoms with Crippen molar-refractivity contribution in [2.75, 3.05) is 0 Å². The van der Waals surface area contributed by atoms with Gasteiger partial charge in [0.25, 0.3) is 0 Å². The van der Waals surface area contributed by atoms with Gasteiger partial charge in [0.2, 0.25) is 5.70 Å². The number of benzene rings is 1. The molecule has 0 bridgehead atoms. The van der Waals surface area contributed by atoms with E-state index in [1.165, 1.54) is 6.08 Å². The number of hydrogen-bond donors (Lipinski definition) is 1. The number of nitrogens with zero attached hydrogens (tertiary/aromatic N) is 1. The number of aromatic hydroxyl groups is 1. The van der Waals surface area contributed by atoms with Gasteiger partial charge in [-0.2, -0.15) is 0 Å². The van der Waals surface area contributed by atoms with Crippen LogP contribution in [0.3, 0.4) is 0 Å². The van der Waals surface area contributed by atoms with Crippen molar-refractivity contribution in [3.63, 3.8) is 0 Å². The Bertz CT molecular complexity index is 415. The van der Waals surface area contributed by atoms with E-state index in [1.54, 1.807) is 6.92 Å². The Balaban J connectivity index is 3.16. The highest BCUT2D eigenvalue weighted by molar-refractivity contribution is 5.58. The monoisotopic (exact) mass is 211 g/mol. The summed E-state index contributed by atoms with van der Waals surface area (Å²) in [5, 5.41) is 19.8. The van der Waals surface area contributed by atoms with Gasteiger partial charge in [0.1, 0.15) is 11.6 Å². The summed E-state index contributed by atoms with van der Waals surface area (Å²) in [7, 11) is 0. The molecule has 1 rings (SSSR count). The van der Waals surface area contributed by atoms with E-state index in [0.29, 0.717) is 0 Å². The lowest BCUT2D eigenvalue weighted by molar-refractivity contribution is -0.425. The van der Waals surface area contributed by atoms with E-state index in [0.717, 1.165) is 18.2 Å². The number of nitro groups is 1. The fourth-order valence-corrected chi connectivity index (χ4v) is 1.10. The van der Waals surface area contributed by atoms with Gasteiger partial charge in [-0.15, -0.1) is 0 Å². The van der Waals surface area contributed by atoms with Crippen molar-refractivity contribution >= 4 is 6.08 Å². The Kier molecular flexibility index (Phi) is 3.38. The second-order valence-corrected chi connectivity index (χ2v) is 2.95. The molecule has 80 valence electrons. The van der Waals surface area contributed by atoms with E-state index >= 15 is 0 Å². The first kappa shape index (κ1) is 11.2. The third-order valence-electron chi connectivity index (χ3n) is 1.91. The first-order valence-electron chi connectivity index (χ1n) is 4.38. The summed E-state index contributed by atoms with van der Waals surface area (Å²) in [5.41, 5.74) is 0.0412. The highest BCUT2D eigenvalue weighted by atomic mass is 19.1. The number of halogens is 1. The molecule has 0 aromatic heterocycles. The van der Waals surface area contributed by atoms with Crippen molar-refractivity contribution in [1.82, 2.24) is 0 Å². The van der Waals surface area contributed by atoms with Crippen LogP contribution in [0.4, 0.5) is 4.39 Å². The van der Waals surface area contributed by atoms with Crippen LogP contribution >= 0.6 is 0 Å². The molecule has 0 atom stereocenters. The lowest BCUT2D eigenvalue weighted by Crippen LogP contribution is -1.96. The van der Waals surface area contributed by atoms with Gasteiger partial charge in [-0.3, -0.25) is 10.1 Å². The molecule has 0 saturated carbocycles. The lowest BCUT2D eigenvalue weighted by atomic mass is 10.1. The summed E-state index contributed by atoms with van der Waals surface area (Å²) < 4.78 is 12.8. The average Bonchev–Trinajstić information content (AvgIpc) is 2.18. The molecular weight excluding hydrogens is 201 g/mol. The van der Waals surface area contributed by atoms with Crippen LogP contribution in [0, 0.1) is 15.9 Å². The number of hydrogen-bond acceptors (Lipinski definition) is 3. The summed E-state index contributed by atoms with van der Waals surface area (Å²) in [6.07, 6.45) is 1.38. The predicted molar refractivity (Wildman–Crippen MR) is 53.3 cm³/mol. The molecule has 0 aliphatic carbocycles. The van der Waals surface area contributed by atoms with Crippen LogP contribution in [-0.2, 0) is 0 Å².